The van der Waals surface area contributed by atoms with E-state index in [1.54, 1.807) is 18.2 Å². The molecule has 0 unspecified atom stereocenters. The van der Waals surface area contributed by atoms with Crippen LogP contribution >= 0.6 is 0 Å². The molecule has 11 heavy (non-hydrogen) atoms. The second-order valence-corrected chi connectivity index (χ2v) is 2.50. The molecule has 0 heterocycles. The van der Waals surface area contributed by atoms with E-state index in [0.29, 0.717) is 11.3 Å². The maximum absolute atomic E-state index is 10.7. The third-order valence-electron chi connectivity index (χ3n) is 1.38. The van der Waals surface area contributed by atoms with E-state index in [2.05, 4.69) is 0 Å². The summed E-state index contributed by atoms with van der Waals surface area (Å²) in [5.74, 6) is -0.444. The summed E-state index contributed by atoms with van der Waals surface area (Å²) in [5.41, 5.74) is 12.5. The molecule has 0 saturated carbocycles. The van der Waals surface area contributed by atoms with E-state index in [1.807, 2.05) is 6.92 Å². The fourth-order valence-corrected chi connectivity index (χ4v) is 0.955. The molecule has 1 aromatic carbocycles. The van der Waals surface area contributed by atoms with Crippen molar-refractivity contribution in [3.05, 3.63) is 29.3 Å². The van der Waals surface area contributed by atoms with E-state index in [1.165, 1.54) is 0 Å². The van der Waals surface area contributed by atoms with Crippen LogP contribution in [0.3, 0.4) is 0 Å². The molecule has 0 saturated heterocycles. The number of hydrogen-bond donors (Lipinski definition) is 2. The van der Waals surface area contributed by atoms with Crippen molar-refractivity contribution < 1.29 is 4.79 Å². The fourth-order valence-electron chi connectivity index (χ4n) is 0.955. The number of nitrogen functional groups attached to an aromatic ring is 1. The van der Waals surface area contributed by atoms with E-state index >= 15 is 0 Å². The lowest BCUT2D eigenvalue weighted by molar-refractivity contribution is 0.100. The third kappa shape index (κ3) is 1.70. The first-order chi connectivity index (χ1) is 5.09. The third-order valence-corrected chi connectivity index (χ3v) is 1.38. The number of carbonyl (C=O) groups excluding carboxylic acids is 1. The molecular weight excluding hydrogens is 140 g/mol. The summed E-state index contributed by atoms with van der Waals surface area (Å²) < 4.78 is 0. The Morgan fingerprint density at radius 3 is 2.45 bits per heavy atom. The zero-order chi connectivity index (χ0) is 8.43. The monoisotopic (exact) mass is 150 g/mol. The van der Waals surface area contributed by atoms with Crippen LogP contribution in [0.1, 0.15) is 15.9 Å². The van der Waals surface area contributed by atoms with Crippen molar-refractivity contribution in [2.45, 2.75) is 6.92 Å². The Hall–Kier alpha value is -1.51. The molecule has 0 aliphatic heterocycles. The molecule has 0 bridgehead atoms. The van der Waals surface area contributed by atoms with Gasteiger partial charge < -0.3 is 11.5 Å². The first-order valence-corrected chi connectivity index (χ1v) is 3.26. The summed E-state index contributed by atoms with van der Waals surface area (Å²) in [7, 11) is 0. The topological polar surface area (TPSA) is 69.1 Å². The second-order valence-electron chi connectivity index (χ2n) is 2.50. The summed E-state index contributed by atoms with van der Waals surface area (Å²) in [6, 6.07) is 5.06. The minimum absolute atomic E-state index is 0.444. The van der Waals surface area contributed by atoms with Crippen LogP contribution in [0.15, 0.2) is 18.2 Å². The van der Waals surface area contributed by atoms with Crippen molar-refractivity contribution in [2.75, 3.05) is 5.73 Å². The molecule has 0 aromatic heterocycles. The van der Waals surface area contributed by atoms with E-state index in [0.717, 1.165) is 5.56 Å². The van der Waals surface area contributed by atoms with Crippen molar-refractivity contribution in [1.82, 2.24) is 0 Å². The van der Waals surface area contributed by atoms with Gasteiger partial charge in [0, 0.05) is 11.3 Å². The summed E-state index contributed by atoms with van der Waals surface area (Å²) in [5, 5.41) is 0. The number of rotatable bonds is 1. The Bertz CT molecular complexity index is 274. The Morgan fingerprint density at radius 2 is 2.00 bits per heavy atom. The van der Waals surface area contributed by atoms with Crippen LogP contribution in [-0.4, -0.2) is 5.91 Å². The zero-order valence-electron chi connectivity index (χ0n) is 6.29. The van der Waals surface area contributed by atoms with Gasteiger partial charge in [-0.25, -0.2) is 0 Å². The quantitative estimate of drug-likeness (QED) is 0.578. The molecule has 4 N–H and O–H groups in total. The summed E-state index contributed by atoms with van der Waals surface area (Å²) in [4.78, 5) is 10.7. The smallest absolute Gasteiger partial charge is 0.248 e. The Morgan fingerprint density at radius 1 is 1.36 bits per heavy atom. The van der Waals surface area contributed by atoms with Gasteiger partial charge in [0.2, 0.25) is 5.91 Å². The molecule has 0 aliphatic carbocycles. The van der Waals surface area contributed by atoms with Gasteiger partial charge in [0.15, 0.2) is 0 Å². The number of carbonyl (C=O) groups is 1. The van der Waals surface area contributed by atoms with Gasteiger partial charge in [-0.3, -0.25) is 4.79 Å². The molecule has 0 radical (unpaired) electrons. The van der Waals surface area contributed by atoms with Crippen LogP contribution in [0.4, 0.5) is 5.69 Å². The number of amides is 1. The van der Waals surface area contributed by atoms with Crippen LogP contribution in [0.5, 0.6) is 0 Å². The van der Waals surface area contributed by atoms with E-state index in [-0.39, 0.29) is 0 Å². The fraction of sp³-hybridized carbons (Fsp3) is 0.125. The van der Waals surface area contributed by atoms with E-state index in [4.69, 9.17) is 11.5 Å². The number of nitrogens with two attached hydrogens (primary N) is 2. The largest absolute Gasteiger partial charge is 0.399 e. The van der Waals surface area contributed by atoms with Gasteiger partial charge in [0.1, 0.15) is 0 Å². The SMILES string of the molecule is Cc1cc(N)cc(C(N)=O)c1. The molecule has 0 atom stereocenters. The Balaban J connectivity index is 3.19. The lowest BCUT2D eigenvalue weighted by atomic mass is 10.1. The van der Waals surface area contributed by atoms with Crippen molar-refractivity contribution in [3.63, 3.8) is 0 Å². The molecular formula is C8H10N2O. The lowest BCUT2D eigenvalue weighted by Gasteiger charge is -1.99. The van der Waals surface area contributed by atoms with Crippen LogP contribution in [0.25, 0.3) is 0 Å². The average Bonchev–Trinajstić information content (AvgIpc) is 1.85. The van der Waals surface area contributed by atoms with Gasteiger partial charge >= 0.3 is 0 Å². The minimum atomic E-state index is -0.444. The average molecular weight is 150 g/mol. The molecule has 3 nitrogen and oxygen atoms in total. The standard InChI is InChI=1S/C8H10N2O/c1-5-2-6(8(10)11)4-7(9)3-5/h2-4H,9H2,1H3,(H2,10,11). The highest BCUT2D eigenvalue weighted by molar-refractivity contribution is 5.93. The highest BCUT2D eigenvalue weighted by atomic mass is 16.1. The van der Waals surface area contributed by atoms with Gasteiger partial charge in [-0.2, -0.15) is 0 Å². The molecule has 1 amide bonds. The molecule has 58 valence electrons. The van der Waals surface area contributed by atoms with Crippen LogP contribution in [0, 0.1) is 6.92 Å². The molecule has 3 heteroatoms. The summed E-state index contributed by atoms with van der Waals surface area (Å²) in [6.45, 7) is 1.86. The number of aryl methyl sites for hydroxylation is 1. The number of benzene rings is 1. The van der Waals surface area contributed by atoms with E-state index < -0.39 is 5.91 Å². The molecule has 0 aliphatic rings. The number of anilines is 1. The second kappa shape index (κ2) is 2.62. The Labute approximate surface area is 65.0 Å². The van der Waals surface area contributed by atoms with E-state index in [9.17, 15) is 4.79 Å². The number of hydrogen-bond acceptors (Lipinski definition) is 2. The van der Waals surface area contributed by atoms with Crippen LogP contribution in [0.2, 0.25) is 0 Å². The highest BCUT2D eigenvalue weighted by Gasteiger charge is 2.00. The minimum Gasteiger partial charge on any atom is -0.399 e. The normalized spacial score (nSPS) is 9.55. The number of primary amides is 1. The van der Waals surface area contributed by atoms with Crippen molar-refractivity contribution in [2.24, 2.45) is 5.73 Å². The van der Waals surface area contributed by atoms with Crippen LogP contribution < -0.4 is 11.5 Å². The van der Waals surface area contributed by atoms with Crippen molar-refractivity contribution >= 4 is 11.6 Å². The predicted molar refractivity (Wildman–Crippen MR) is 44.1 cm³/mol. The summed E-state index contributed by atoms with van der Waals surface area (Å²) >= 11 is 0. The van der Waals surface area contributed by atoms with Gasteiger partial charge in [-0.05, 0) is 30.7 Å². The zero-order valence-corrected chi connectivity index (χ0v) is 6.29. The highest BCUT2D eigenvalue weighted by Crippen LogP contribution is 2.09. The first-order valence-electron chi connectivity index (χ1n) is 3.26. The van der Waals surface area contributed by atoms with Gasteiger partial charge in [-0.15, -0.1) is 0 Å². The molecule has 1 rings (SSSR count). The molecule has 0 spiro atoms. The van der Waals surface area contributed by atoms with Crippen molar-refractivity contribution in [3.8, 4) is 0 Å². The first kappa shape index (κ1) is 7.60. The maximum Gasteiger partial charge on any atom is 0.248 e. The lowest BCUT2D eigenvalue weighted by Crippen LogP contribution is -2.11. The summed E-state index contributed by atoms with van der Waals surface area (Å²) in [6.07, 6.45) is 0. The maximum atomic E-state index is 10.7. The molecule has 1 aromatic rings. The predicted octanol–water partition coefficient (Wildman–Crippen LogP) is 0.676. The van der Waals surface area contributed by atoms with Gasteiger partial charge in [-0.1, -0.05) is 0 Å². The Kier molecular flexibility index (Phi) is 1.81. The molecule has 0 fully saturated rings. The van der Waals surface area contributed by atoms with Crippen LogP contribution in [-0.2, 0) is 0 Å². The van der Waals surface area contributed by atoms with Gasteiger partial charge in [0.05, 0.1) is 0 Å². The van der Waals surface area contributed by atoms with Gasteiger partial charge in [0.25, 0.3) is 0 Å². The van der Waals surface area contributed by atoms with Crippen molar-refractivity contribution in [1.29, 1.82) is 0 Å².